The minimum Gasteiger partial charge on any atom is -0.264 e. The van der Waals surface area contributed by atoms with Crippen molar-refractivity contribution in [1.82, 2.24) is 4.98 Å². The first-order valence-electron chi connectivity index (χ1n) is 4.35. The molecule has 0 aromatic carbocycles. The van der Waals surface area contributed by atoms with Gasteiger partial charge in [-0.1, -0.05) is 6.07 Å². The summed E-state index contributed by atoms with van der Waals surface area (Å²) in [5, 5.41) is 0. The lowest BCUT2D eigenvalue weighted by Crippen LogP contribution is -1.69. The lowest BCUT2D eigenvalue weighted by molar-refractivity contribution is 1.27. The minimum atomic E-state index is -2.35. The Morgan fingerprint density at radius 3 is 3.71 bits per heavy atom. The highest BCUT2D eigenvalue weighted by Crippen LogP contribution is 1.88. The largest absolute Gasteiger partial charge is 0.264 e. The van der Waals surface area contributed by atoms with Crippen LogP contribution in [0.15, 0.2) is 24.5 Å². The van der Waals surface area contributed by atoms with E-state index in [9.17, 15) is 0 Å². The first-order chi connectivity index (χ1) is 5.41. The Hall–Kier alpha value is -0.850. The van der Waals surface area contributed by atoms with Crippen LogP contribution in [0.3, 0.4) is 0 Å². The molecule has 0 saturated heterocycles. The molecule has 0 atom stereocenters. The molecule has 0 bridgehead atoms. The Morgan fingerprint density at radius 1 is 2.00 bits per heavy atom. The van der Waals surface area contributed by atoms with Crippen molar-refractivity contribution in [3.05, 3.63) is 30.0 Å². The van der Waals surface area contributed by atoms with E-state index >= 15 is 0 Å². The zero-order chi connectivity index (χ0) is 9.35. The molecule has 0 saturated carbocycles. The van der Waals surface area contributed by atoms with Gasteiger partial charge in [0.1, 0.15) is 0 Å². The normalized spacial score (nSPS) is 20.9. The highest BCUT2D eigenvalue weighted by atomic mass is 14.6. The molecule has 36 valence electrons. The van der Waals surface area contributed by atoms with Gasteiger partial charge in [0.2, 0.25) is 0 Å². The zero-order valence-electron chi connectivity index (χ0n) is 8.60. The van der Waals surface area contributed by atoms with Crippen LogP contribution < -0.4 is 0 Å². The molecular weight excluding hydrogens is 86.1 g/mol. The van der Waals surface area contributed by atoms with Crippen LogP contribution in [0.25, 0.3) is 0 Å². The smallest absolute Gasteiger partial charge is 0.0843 e. The standard InChI is InChI=1S/C6H7N/c1-6-3-2-4-7-5-6/h2-5H,1H3/i1D3,2D,5D. The topological polar surface area (TPSA) is 12.9 Å². The molecule has 0 aliphatic carbocycles. The molecule has 0 unspecified atom stereocenters. The maximum Gasteiger partial charge on any atom is 0.0843 e. The summed E-state index contributed by atoms with van der Waals surface area (Å²) in [6.45, 7) is -2.35. The quantitative estimate of drug-likeness (QED) is 0.478. The van der Waals surface area contributed by atoms with Crippen molar-refractivity contribution in [2.75, 3.05) is 0 Å². The summed E-state index contributed by atoms with van der Waals surface area (Å²) < 4.78 is 35.3. The van der Waals surface area contributed by atoms with Crippen LogP contribution in [-0.2, 0) is 0 Å². The zero-order valence-corrected chi connectivity index (χ0v) is 3.60. The fourth-order valence-corrected chi connectivity index (χ4v) is 0.292. The predicted octanol–water partition coefficient (Wildman–Crippen LogP) is 1.39. The maximum absolute atomic E-state index is 7.17. The molecule has 0 aliphatic rings. The summed E-state index contributed by atoms with van der Waals surface area (Å²) >= 11 is 0. The van der Waals surface area contributed by atoms with E-state index in [4.69, 9.17) is 6.85 Å². The van der Waals surface area contributed by atoms with E-state index in [1.54, 1.807) is 0 Å². The van der Waals surface area contributed by atoms with Crippen molar-refractivity contribution in [2.24, 2.45) is 0 Å². The van der Waals surface area contributed by atoms with E-state index in [-0.39, 0.29) is 17.8 Å². The van der Waals surface area contributed by atoms with Crippen molar-refractivity contribution < 1.29 is 6.85 Å². The molecule has 0 radical (unpaired) electrons. The molecule has 1 rings (SSSR count). The number of nitrogens with zero attached hydrogens (tertiary/aromatic N) is 1. The Bertz CT molecular complexity index is 292. The molecule has 0 fully saturated rings. The monoisotopic (exact) mass is 98.1 g/mol. The second kappa shape index (κ2) is 1.73. The van der Waals surface area contributed by atoms with Crippen LogP contribution in [0.1, 0.15) is 12.4 Å². The first kappa shape index (κ1) is 1.31. The van der Waals surface area contributed by atoms with Gasteiger partial charge < -0.3 is 0 Å². The molecule has 0 spiro atoms. The van der Waals surface area contributed by atoms with Gasteiger partial charge >= 0.3 is 0 Å². The van der Waals surface area contributed by atoms with Gasteiger partial charge in [0.05, 0.1) is 2.74 Å². The van der Waals surface area contributed by atoms with Crippen LogP contribution in [0.5, 0.6) is 0 Å². The van der Waals surface area contributed by atoms with Crippen molar-refractivity contribution >= 4 is 0 Å². The number of aromatic nitrogens is 1. The Morgan fingerprint density at radius 2 is 3.00 bits per heavy atom. The van der Waals surface area contributed by atoms with E-state index < -0.39 is 6.85 Å². The number of hydrogen-bond donors (Lipinski definition) is 0. The molecule has 7 heavy (non-hydrogen) atoms. The molecule has 1 aromatic rings. The molecule has 1 nitrogen and oxygen atoms in total. The summed E-state index contributed by atoms with van der Waals surface area (Å²) in [4.78, 5) is 3.46. The van der Waals surface area contributed by atoms with Gasteiger partial charge in [0.25, 0.3) is 0 Å². The molecule has 1 heterocycles. The lowest BCUT2D eigenvalue weighted by atomic mass is 10.3. The predicted molar refractivity (Wildman–Crippen MR) is 29.0 cm³/mol. The van der Waals surface area contributed by atoms with Gasteiger partial charge in [-0.3, -0.25) is 4.98 Å². The van der Waals surface area contributed by atoms with Crippen LogP contribution in [0, 0.1) is 6.85 Å². The van der Waals surface area contributed by atoms with Gasteiger partial charge in [0.15, 0.2) is 0 Å². The molecule has 0 aliphatic heterocycles. The third-order valence-corrected chi connectivity index (χ3v) is 0.552. The fourth-order valence-electron chi connectivity index (χ4n) is 0.292. The second-order valence-corrected chi connectivity index (χ2v) is 1.09. The molecule has 1 heteroatoms. The Kier molecular flexibility index (Phi) is 0.325. The van der Waals surface area contributed by atoms with Gasteiger partial charge in [-0.25, -0.2) is 0 Å². The van der Waals surface area contributed by atoms with Crippen molar-refractivity contribution in [1.29, 1.82) is 0 Å². The van der Waals surface area contributed by atoms with Crippen molar-refractivity contribution in [3.63, 3.8) is 0 Å². The SMILES string of the molecule is [2H]c1cnc([2H])c(C([2H])([2H])[2H])c1. The molecular formula is C6H7N. The first-order valence-corrected chi connectivity index (χ1v) is 1.85. The van der Waals surface area contributed by atoms with Crippen LogP contribution in [0.2, 0.25) is 0 Å². The van der Waals surface area contributed by atoms with Crippen molar-refractivity contribution in [2.45, 2.75) is 6.85 Å². The third-order valence-electron chi connectivity index (χ3n) is 0.552. The highest BCUT2D eigenvalue weighted by molar-refractivity contribution is 5.04. The van der Waals surface area contributed by atoms with E-state index in [1.807, 2.05) is 0 Å². The van der Waals surface area contributed by atoms with Crippen LogP contribution >= 0.6 is 0 Å². The van der Waals surface area contributed by atoms with Crippen LogP contribution in [0.4, 0.5) is 0 Å². The average molecular weight is 98.2 g/mol. The van der Waals surface area contributed by atoms with Gasteiger partial charge in [0, 0.05) is 16.5 Å². The summed E-state index contributed by atoms with van der Waals surface area (Å²) in [6, 6.07) is 1.15. The molecule has 0 N–H and O–H groups in total. The number of hydrogen-bond acceptors (Lipinski definition) is 1. The summed E-state index contributed by atoms with van der Waals surface area (Å²) in [5.41, 5.74) is -0.171. The van der Waals surface area contributed by atoms with E-state index in [0.717, 1.165) is 12.3 Å². The maximum atomic E-state index is 7.17. The minimum absolute atomic E-state index is 0.0112. The summed E-state index contributed by atoms with van der Waals surface area (Å²) in [5.74, 6) is 0. The molecule has 1 aromatic heterocycles. The van der Waals surface area contributed by atoms with Crippen LogP contribution in [-0.4, -0.2) is 4.98 Å². The van der Waals surface area contributed by atoms with Gasteiger partial charge in [-0.2, -0.15) is 0 Å². The number of rotatable bonds is 0. The summed E-state index contributed by atoms with van der Waals surface area (Å²) in [7, 11) is 0. The van der Waals surface area contributed by atoms with E-state index in [0.29, 0.717) is 0 Å². The Labute approximate surface area is 50.0 Å². The number of pyridine rings is 1. The second-order valence-electron chi connectivity index (χ2n) is 1.09. The average Bonchev–Trinajstić information content (AvgIpc) is 1.92. The fraction of sp³-hybridized carbons (Fsp3) is 0.167. The van der Waals surface area contributed by atoms with Gasteiger partial charge in [-0.05, 0) is 18.5 Å². The summed E-state index contributed by atoms with van der Waals surface area (Å²) in [6.07, 6.45) is 0.864. The Balaban J connectivity index is 3.23. The number of aryl methyl sites for hydroxylation is 1. The highest BCUT2D eigenvalue weighted by Gasteiger charge is 1.73. The third kappa shape index (κ3) is 1.000. The lowest BCUT2D eigenvalue weighted by Gasteiger charge is -1.82. The van der Waals surface area contributed by atoms with Crippen molar-refractivity contribution in [3.8, 4) is 0 Å². The van der Waals surface area contributed by atoms with E-state index in [1.165, 1.54) is 0 Å². The van der Waals surface area contributed by atoms with Gasteiger partial charge in [-0.15, -0.1) is 0 Å². The molecule has 0 amide bonds. The van der Waals surface area contributed by atoms with E-state index in [2.05, 4.69) is 4.98 Å².